The van der Waals surface area contributed by atoms with Crippen molar-refractivity contribution in [3.05, 3.63) is 35.9 Å². The van der Waals surface area contributed by atoms with Gasteiger partial charge in [-0.15, -0.1) is 0 Å². The van der Waals surface area contributed by atoms with Crippen LogP contribution in [0.5, 0.6) is 0 Å². The molecular formula is C11H9NO3S. The molecule has 0 bridgehead atoms. The molecule has 1 heterocycles. The highest BCUT2D eigenvalue weighted by Gasteiger charge is 2.33. The van der Waals surface area contributed by atoms with E-state index in [2.05, 4.69) is 5.32 Å². The van der Waals surface area contributed by atoms with Crippen molar-refractivity contribution in [1.82, 2.24) is 5.32 Å². The zero-order chi connectivity index (χ0) is 11.5. The molecule has 0 aromatic heterocycles. The van der Waals surface area contributed by atoms with Gasteiger partial charge in [0.15, 0.2) is 5.78 Å². The fourth-order valence-electron chi connectivity index (χ4n) is 1.44. The number of benzene rings is 1. The van der Waals surface area contributed by atoms with Crippen LogP contribution in [-0.2, 0) is 4.79 Å². The highest BCUT2D eigenvalue weighted by Crippen LogP contribution is 2.23. The fourth-order valence-corrected chi connectivity index (χ4v) is 2.26. The highest BCUT2D eigenvalue weighted by molar-refractivity contribution is 8.15. The Morgan fingerprint density at radius 1 is 1.25 bits per heavy atom. The van der Waals surface area contributed by atoms with Gasteiger partial charge in [-0.2, -0.15) is 0 Å². The van der Waals surface area contributed by atoms with Crippen LogP contribution in [0.3, 0.4) is 0 Å². The number of amides is 2. The van der Waals surface area contributed by atoms with Gasteiger partial charge in [0.2, 0.25) is 5.91 Å². The van der Waals surface area contributed by atoms with E-state index in [0.717, 1.165) is 11.8 Å². The molecule has 1 atom stereocenters. The Bertz CT molecular complexity index is 444. The van der Waals surface area contributed by atoms with Gasteiger partial charge in [0.05, 0.1) is 0 Å². The number of nitrogens with one attached hydrogen (secondary N) is 1. The summed E-state index contributed by atoms with van der Waals surface area (Å²) in [5.41, 5.74) is 0.565. The van der Waals surface area contributed by atoms with E-state index in [9.17, 15) is 14.4 Å². The topological polar surface area (TPSA) is 63.2 Å². The average molecular weight is 235 g/mol. The Morgan fingerprint density at radius 2 is 1.94 bits per heavy atom. The van der Waals surface area contributed by atoms with Crippen LogP contribution in [0.15, 0.2) is 30.3 Å². The SMILES string of the molecule is O=C1NC(=O)[C@H](CC(=O)c2ccccc2)S1. The summed E-state index contributed by atoms with van der Waals surface area (Å²) < 4.78 is 0. The van der Waals surface area contributed by atoms with Crippen molar-refractivity contribution < 1.29 is 14.4 Å². The van der Waals surface area contributed by atoms with E-state index in [-0.39, 0.29) is 23.4 Å². The van der Waals surface area contributed by atoms with Gasteiger partial charge < -0.3 is 0 Å². The molecule has 2 amide bonds. The molecule has 5 heteroatoms. The van der Waals surface area contributed by atoms with Crippen LogP contribution in [0.25, 0.3) is 0 Å². The molecule has 0 unspecified atom stereocenters. The maximum absolute atomic E-state index is 11.7. The summed E-state index contributed by atoms with van der Waals surface area (Å²) in [6.07, 6.45) is 0.0618. The van der Waals surface area contributed by atoms with Gasteiger partial charge in [0.1, 0.15) is 5.25 Å². The Labute approximate surface area is 96.4 Å². The number of Topliss-reactive ketones (excluding diaryl/α,β-unsaturated/α-hetero) is 1. The maximum Gasteiger partial charge on any atom is 0.286 e. The Morgan fingerprint density at radius 3 is 2.50 bits per heavy atom. The molecule has 4 nitrogen and oxygen atoms in total. The molecule has 1 fully saturated rings. The van der Waals surface area contributed by atoms with E-state index in [1.807, 2.05) is 6.07 Å². The number of hydrogen-bond acceptors (Lipinski definition) is 4. The second kappa shape index (κ2) is 4.49. The number of imide groups is 1. The summed E-state index contributed by atoms with van der Waals surface area (Å²) >= 11 is 0.876. The quantitative estimate of drug-likeness (QED) is 0.808. The second-order valence-corrected chi connectivity index (χ2v) is 4.55. The minimum atomic E-state index is -0.583. The summed E-state index contributed by atoms with van der Waals surface area (Å²) in [4.78, 5) is 33.9. The largest absolute Gasteiger partial charge is 0.294 e. The Kier molecular flexibility index (Phi) is 3.05. The van der Waals surface area contributed by atoms with Crippen molar-refractivity contribution in [3.8, 4) is 0 Å². The number of ketones is 1. The maximum atomic E-state index is 11.7. The van der Waals surface area contributed by atoms with Crippen LogP contribution in [0.1, 0.15) is 16.8 Å². The lowest BCUT2D eigenvalue weighted by molar-refractivity contribution is -0.118. The van der Waals surface area contributed by atoms with E-state index in [4.69, 9.17) is 0 Å². The van der Waals surface area contributed by atoms with Crippen LogP contribution in [-0.4, -0.2) is 22.2 Å². The normalized spacial score (nSPS) is 19.6. The summed E-state index contributed by atoms with van der Waals surface area (Å²) in [7, 11) is 0. The van der Waals surface area contributed by atoms with E-state index >= 15 is 0 Å². The van der Waals surface area contributed by atoms with Gasteiger partial charge in [-0.25, -0.2) is 0 Å². The van der Waals surface area contributed by atoms with E-state index in [0.29, 0.717) is 5.56 Å². The van der Waals surface area contributed by atoms with Crippen molar-refractivity contribution in [1.29, 1.82) is 0 Å². The second-order valence-electron chi connectivity index (χ2n) is 3.38. The van der Waals surface area contributed by atoms with Crippen LogP contribution in [0.2, 0.25) is 0 Å². The molecule has 0 aliphatic carbocycles. The summed E-state index contributed by atoms with van der Waals surface area (Å²) in [5.74, 6) is -0.498. The third-order valence-corrected chi connectivity index (χ3v) is 3.21. The lowest BCUT2D eigenvalue weighted by Crippen LogP contribution is -2.25. The molecule has 16 heavy (non-hydrogen) atoms. The molecule has 0 saturated carbocycles. The molecule has 0 radical (unpaired) electrons. The van der Waals surface area contributed by atoms with Crippen LogP contribution in [0, 0.1) is 0 Å². The lowest BCUT2D eigenvalue weighted by Gasteiger charge is -2.03. The fraction of sp³-hybridized carbons (Fsp3) is 0.182. The highest BCUT2D eigenvalue weighted by atomic mass is 32.2. The number of rotatable bonds is 3. The molecule has 1 aliphatic heterocycles. The lowest BCUT2D eigenvalue weighted by atomic mass is 10.1. The monoisotopic (exact) mass is 235 g/mol. The van der Waals surface area contributed by atoms with Gasteiger partial charge in [-0.05, 0) is 0 Å². The first-order chi connectivity index (χ1) is 7.66. The average Bonchev–Trinajstić information content (AvgIpc) is 2.59. The first kappa shape index (κ1) is 10.9. The van der Waals surface area contributed by atoms with Crippen molar-refractivity contribution in [2.45, 2.75) is 11.7 Å². The number of carbonyl (C=O) groups excluding carboxylic acids is 3. The predicted molar refractivity (Wildman–Crippen MR) is 60.3 cm³/mol. The molecule has 82 valence electrons. The van der Waals surface area contributed by atoms with Crippen LogP contribution in [0.4, 0.5) is 4.79 Å². The van der Waals surface area contributed by atoms with Gasteiger partial charge in [0.25, 0.3) is 5.24 Å². The summed E-state index contributed by atoms with van der Waals surface area (Å²) in [6, 6.07) is 8.74. The first-order valence-electron chi connectivity index (χ1n) is 4.76. The molecular weight excluding hydrogens is 226 g/mol. The van der Waals surface area contributed by atoms with E-state index in [1.165, 1.54) is 0 Å². The first-order valence-corrected chi connectivity index (χ1v) is 5.64. The van der Waals surface area contributed by atoms with Crippen molar-refractivity contribution in [2.75, 3.05) is 0 Å². The Hall–Kier alpha value is -1.62. The third-order valence-electron chi connectivity index (χ3n) is 2.23. The van der Waals surface area contributed by atoms with Crippen LogP contribution < -0.4 is 5.32 Å². The van der Waals surface area contributed by atoms with Gasteiger partial charge in [-0.1, -0.05) is 42.1 Å². The zero-order valence-electron chi connectivity index (χ0n) is 8.30. The van der Waals surface area contributed by atoms with E-state index in [1.54, 1.807) is 24.3 Å². The molecule has 2 rings (SSSR count). The standard InChI is InChI=1S/C11H9NO3S/c13-8(7-4-2-1-3-5-7)6-9-10(14)12-11(15)16-9/h1-5,9H,6H2,(H,12,14,15)/t9-/m0/s1. The molecule has 1 aliphatic rings. The smallest absolute Gasteiger partial charge is 0.286 e. The molecule has 1 aromatic carbocycles. The predicted octanol–water partition coefficient (Wildman–Crippen LogP) is 1.61. The van der Waals surface area contributed by atoms with Crippen molar-refractivity contribution in [2.24, 2.45) is 0 Å². The van der Waals surface area contributed by atoms with Gasteiger partial charge >= 0.3 is 0 Å². The van der Waals surface area contributed by atoms with E-state index < -0.39 is 5.25 Å². The minimum absolute atomic E-state index is 0.0618. The number of carbonyl (C=O) groups is 3. The van der Waals surface area contributed by atoms with Crippen molar-refractivity contribution in [3.63, 3.8) is 0 Å². The summed E-state index contributed by atoms with van der Waals surface area (Å²) in [6.45, 7) is 0. The van der Waals surface area contributed by atoms with Crippen LogP contribution >= 0.6 is 11.8 Å². The molecule has 0 spiro atoms. The number of thioether (sulfide) groups is 1. The summed E-state index contributed by atoms with van der Waals surface area (Å²) in [5, 5.41) is 1.19. The molecule has 1 aromatic rings. The third kappa shape index (κ3) is 2.30. The molecule has 1 saturated heterocycles. The minimum Gasteiger partial charge on any atom is -0.294 e. The molecule has 1 N–H and O–H groups in total. The number of hydrogen-bond donors (Lipinski definition) is 1. The zero-order valence-corrected chi connectivity index (χ0v) is 9.12. The Balaban J connectivity index is 2.03. The van der Waals surface area contributed by atoms with Crippen molar-refractivity contribution >= 4 is 28.7 Å². The van der Waals surface area contributed by atoms with Gasteiger partial charge in [0, 0.05) is 12.0 Å². The van der Waals surface area contributed by atoms with Gasteiger partial charge in [-0.3, -0.25) is 19.7 Å².